The number of anilines is 2. The number of aliphatic imine (C=N–C) groups is 1. The highest BCUT2D eigenvalue weighted by Gasteiger charge is 2.39. The summed E-state index contributed by atoms with van der Waals surface area (Å²) >= 11 is 1.60. The molecule has 1 aliphatic carbocycles. The highest BCUT2D eigenvalue weighted by atomic mass is 32.1. The zero-order chi connectivity index (χ0) is 28.6. The molecule has 0 radical (unpaired) electrons. The van der Waals surface area contributed by atoms with E-state index in [-0.39, 0.29) is 17.4 Å². The number of carbonyl (C=O) groups excluding carboxylic acids is 1. The van der Waals surface area contributed by atoms with E-state index in [9.17, 15) is 4.79 Å². The number of benzodiazepines with no additional fused rings is 1. The van der Waals surface area contributed by atoms with E-state index in [0.29, 0.717) is 36.8 Å². The van der Waals surface area contributed by atoms with Gasteiger partial charge in [0.2, 0.25) is 12.1 Å². The number of nitrogens with one attached hydrogen (secondary N) is 4. The maximum atomic E-state index is 13.2. The molecule has 1 saturated heterocycles. The second-order valence-electron chi connectivity index (χ2n) is 10.9. The minimum Gasteiger partial charge on any atom is -0.405 e. The normalized spacial score (nSPS) is 21.5. The average Bonchev–Trinajstić information content (AvgIpc) is 3.36. The van der Waals surface area contributed by atoms with Crippen LogP contribution >= 0.6 is 11.3 Å². The molecule has 0 spiro atoms. The molecule has 1 saturated carbocycles. The number of hydrogen-bond donors (Lipinski definition) is 4. The summed E-state index contributed by atoms with van der Waals surface area (Å²) in [6.07, 6.45) is 2.21. The van der Waals surface area contributed by atoms with Crippen molar-refractivity contribution in [1.82, 2.24) is 10.3 Å². The summed E-state index contributed by atoms with van der Waals surface area (Å²) in [5.74, 6) is -0.674. The summed E-state index contributed by atoms with van der Waals surface area (Å²) in [5, 5.41) is 24.9. The minimum atomic E-state index is -1.14. The number of aromatic nitrogens is 1. The second-order valence-corrected chi connectivity index (χ2v) is 11.9. The van der Waals surface area contributed by atoms with Crippen LogP contribution < -0.4 is 15.5 Å². The van der Waals surface area contributed by atoms with Crippen molar-refractivity contribution in [3.8, 4) is 0 Å². The molecule has 11 heteroatoms. The lowest BCUT2D eigenvalue weighted by atomic mass is 9.71. The summed E-state index contributed by atoms with van der Waals surface area (Å²) in [7, 11) is 0. The third-order valence-electron chi connectivity index (χ3n) is 7.79. The number of nitrogens with zero attached hydrogens (tertiary/aromatic N) is 3. The topological polar surface area (TPSA) is 136 Å². The van der Waals surface area contributed by atoms with Crippen LogP contribution in [0.4, 0.5) is 10.7 Å². The van der Waals surface area contributed by atoms with Gasteiger partial charge in [-0.1, -0.05) is 61.9 Å². The summed E-state index contributed by atoms with van der Waals surface area (Å²) in [6.45, 7) is 6.22. The molecule has 1 aromatic heterocycles. The first-order chi connectivity index (χ1) is 19.8. The number of morpholine rings is 1. The van der Waals surface area contributed by atoms with Crippen molar-refractivity contribution in [1.29, 1.82) is 10.8 Å². The van der Waals surface area contributed by atoms with Gasteiger partial charge < -0.3 is 25.0 Å². The van der Waals surface area contributed by atoms with Crippen LogP contribution in [0.3, 0.4) is 0 Å². The molecular formula is C30H33N7O3S. The molecule has 2 aliphatic heterocycles. The van der Waals surface area contributed by atoms with Gasteiger partial charge >= 0.3 is 0 Å². The fraction of sp³-hybridized carbons (Fsp3) is 0.367. The largest absolute Gasteiger partial charge is 0.405 e. The van der Waals surface area contributed by atoms with E-state index in [0.717, 1.165) is 40.4 Å². The fourth-order valence-corrected chi connectivity index (χ4v) is 6.64. The minimum absolute atomic E-state index is 0.00238. The van der Waals surface area contributed by atoms with Crippen LogP contribution in [-0.4, -0.2) is 60.5 Å². The molecular weight excluding hydrogens is 538 g/mol. The Kier molecular flexibility index (Phi) is 7.31. The Hall–Kier alpha value is -4.09. The molecule has 212 valence electrons. The Labute approximate surface area is 242 Å². The van der Waals surface area contributed by atoms with Crippen molar-refractivity contribution < 1.29 is 14.3 Å². The third-order valence-corrected chi connectivity index (χ3v) is 9.21. The molecule has 2 fully saturated rings. The van der Waals surface area contributed by atoms with Crippen LogP contribution in [0.5, 0.6) is 0 Å². The monoisotopic (exact) mass is 571 g/mol. The maximum absolute atomic E-state index is 13.2. The lowest BCUT2D eigenvalue weighted by molar-refractivity contribution is -0.117. The molecule has 3 heterocycles. The van der Waals surface area contributed by atoms with Crippen LogP contribution in [0, 0.1) is 10.8 Å². The maximum Gasteiger partial charge on any atom is 0.290 e. The number of benzene rings is 2. The van der Waals surface area contributed by atoms with Crippen LogP contribution in [0.15, 0.2) is 59.6 Å². The van der Waals surface area contributed by atoms with E-state index in [1.807, 2.05) is 61.5 Å². The van der Waals surface area contributed by atoms with Crippen molar-refractivity contribution in [3.63, 3.8) is 0 Å². The molecule has 10 nitrogen and oxygen atoms in total. The molecule has 41 heavy (non-hydrogen) atoms. The number of thiazole rings is 1. The number of hydrogen-bond acceptors (Lipinski definition) is 9. The van der Waals surface area contributed by atoms with Crippen LogP contribution in [0.2, 0.25) is 0 Å². The number of amidine groups is 1. The summed E-state index contributed by atoms with van der Waals surface area (Å²) in [5.41, 5.74) is 3.27. The zero-order valence-electron chi connectivity index (χ0n) is 23.1. The molecule has 0 unspecified atom stereocenters. The van der Waals surface area contributed by atoms with Gasteiger partial charge in [0, 0.05) is 29.6 Å². The van der Waals surface area contributed by atoms with Gasteiger partial charge in [-0.2, -0.15) is 0 Å². The molecule has 3 aliphatic rings. The zero-order valence-corrected chi connectivity index (χ0v) is 23.9. The molecule has 0 bridgehead atoms. The van der Waals surface area contributed by atoms with Gasteiger partial charge in [-0.3, -0.25) is 15.6 Å². The number of carbonyl (C=O) groups is 1. The highest BCUT2D eigenvalue weighted by Crippen LogP contribution is 2.47. The van der Waals surface area contributed by atoms with Crippen molar-refractivity contribution >= 4 is 45.6 Å². The third kappa shape index (κ3) is 5.47. The van der Waals surface area contributed by atoms with Crippen molar-refractivity contribution in [2.24, 2.45) is 4.99 Å². The molecule has 6 rings (SSSR count). The Morgan fingerprint density at radius 1 is 1.17 bits per heavy atom. The summed E-state index contributed by atoms with van der Waals surface area (Å²) < 4.78 is 11.4. The molecule has 1 amide bonds. The van der Waals surface area contributed by atoms with Crippen LogP contribution in [0.1, 0.15) is 54.9 Å². The van der Waals surface area contributed by atoms with E-state index in [1.165, 1.54) is 0 Å². The van der Waals surface area contributed by atoms with Gasteiger partial charge in [0.15, 0.2) is 5.69 Å². The van der Waals surface area contributed by atoms with Gasteiger partial charge in [-0.25, -0.2) is 9.98 Å². The first-order valence-corrected chi connectivity index (χ1v) is 14.7. The molecule has 2 atom stereocenters. The molecule has 3 aromatic rings. The van der Waals surface area contributed by atoms with Gasteiger partial charge in [0.05, 0.1) is 24.1 Å². The number of amides is 1. The standard InChI is InChI=1S/C30H33N7O3S/c1-18-17-37(15-16-39-18)27-23(35-28(41-27)30(2)13-8-14-30)24(31)40-29(32)36-25-26(38)33-21-12-7-6-11-20(21)22(34-25)19-9-4-3-5-10-19/h3-7,9-12,18,25,31H,8,13-17H2,1-2H3,(H2,32,36)(H,33,38)/t18-,25+/m0/s1. The lowest BCUT2D eigenvalue weighted by Crippen LogP contribution is -2.44. The number of ether oxygens (including phenoxy) is 2. The molecule has 4 N–H and O–H groups in total. The van der Waals surface area contributed by atoms with E-state index in [1.54, 1.807) is 11.3 Å². The quantitative estimate of drug-likeness (QED) is 0.263. The van der Waals surface area contributed by atoms with Gasteiger partial charge in [-0.05, 0) is 25.8 Å². The van der Waals surface area contributed by atoms with E-state index in [4.69, 9.17) is 30.3 Å². The number of rotatable bonds is 5. The Morgan fingerprint density at radius 2 is 1.93 bits per heavy atom. The highest BCUT2D eigenvalue weighted by molar-refractivity contribution is 7.16. The summed E-state index contributed by atoms with van der Waals surface area (Å²) in [4.78, 5) is 24.9. The predicted molar refractivity (Wildman–Crippen MR) is 161 cm³/mol. The van der Waals surface area contributed by atoms with E-state index >= 15 is 0 Å². The van der Waals surface area contributed by atoms with Crippen molar-refractivity contribution in [2.75, 3.05) is 29.9 Å². The lowest BCUT2D eigenvalue weighted by Gasteiger charge is -2.36. The van der Waals surface area contributed by atoms with Gasteiger partial charge in [-0.15, -0.1) is 11.3 Å². The van der Waals surface area contributed by atoms with Gasteiger partial charge in [0.1, 0.15) is 10.0 Å². The Balaban J connectivity index is 1.25. The first-order valence-electron chi connectivity index (χ1n) is 13.8. The first kappa shape index (κ1) is 27.1. The van der Waals surface area contributed by atoms with E-state index < -0.39 is 18.1 Å². The molecule has 2 aromatic carbocycles. The SMILES string of the molecule is C[C@H]1CN(c2sc(C3(C)CCC3)nc2C(=N)OC(=N)N[C@H]2N=C(c3ccccc3)c3ccccc3NC2=O)CCO1. The summed E-state index contributed by atoms with van der Waals surface area (Å²) in [6, 6.07) is 16.6. The predicted octanol–water partition coefficient (Wildman–Crippen LogP) is 4.49. The van der Waals surface area contributed by atoms with Gasteiger partial charge in [0.25, 0.3) is 11.9 Å². The number of fused-ring (bicyclic) bond motifs is 1. The average molecular weight is 572 g/mol. The van der Waals surface area contributed by atoms with Crippen molar-refractivity contribution in [3.05, 3.63) is 76.4 Å². The number of para-hydroxylation sites is 1. The van der Waals surface area contributed by atoms with Crippen LogP contribution in [-0.2, 0) is 19.7 Å². The Morgan fingerprint density at radius 3 is 2.66 bits per heavy atom. The fourth-order valence-electron chi connectivity index (χ4n) is 5.34. The smallest absolute Gasteiger partial charge is 0.290 e. The van der Waals surface area contributed by atoms with Crippen molar-refractivity contribution in [2.45, 2.75) is 50.8 Å². The second kappa shape index (κ2) is 11.1. The Bertz CT molecular complexity index is 1520. The van der Waals surface area contributed by atoms with E-state index in [2.05, 4.69) is 22.5 Å². The van der Waals surface area contributed by atoms with Crippen LogP contribution in [0.25, 0.3) is 0 Å².